The Kier molecular flexibility index (Phi) is 6.21. The zero-order valence-corrected chi connectivity index (χ0v) is 15.3. The van der Waals surface area contributed by atoms with Gasteiger partial charge >= 0.3 is 5.97 Å². The van der Waals surface area contributed by atoms with E-state index in [1.807, 2.05) is 18.5 Å². The summed E-state index contributed by atoms with van der Waals surface area (Å²) in [5.74, 6) is -1.78. The van der Waals surface area contributed by atoms with Crippen LogP contribution in [-0.4, -0.2) is 55.7 Å². The molecule has 2 N–H and O–H groups in total. The number of rotatable bonds is 9. The number of hydrogen-bond acceptors (Lipinski definition) is 4. The Morgan fingerprint density at radius 1 is 1.48 bits per heavy atom. The van der Waals surface area contributed by atoms with Crippen molar-refractivity contribution < 1.29 is 19.8 Å². The quantitative estimate of drug-likeness (QED) is 0.657. The third kappa shape index (κ3) is 3.71. The van der Waals surface area contributed by atoms with E-state index >= 15 is 0 Å². The van der Waals surface area contributed by atoms with E-state index in [4.69, 9.17) is 0 Å². The van der Waals surface area contributed by atoms with Gasteiger partial charge in [-0.15, -0.1) is 0 Å². The summed E-state index contributed by atoms with van der Waals surface area (Å²) in [5, 5.41) is 20.0. The lowest BCUT2D eigenvalue weighted by atomic mass is 9.73. The molecule has 1 aliphatic rings. The molecule has 25 heavy (non-hydrogen) atoms. The largest absolute Gasteiger partial charge is 0.480 e. The molecule has 3 atom stereocenters. The lowest BCUT2D eigenvalue weighted by molar-refractivity contribution is -0.159. The molecule has 2 rings (SSSR count). The van der Waals surface area contributed by atoms with Crippen molar-refractivity contribution in [2.45, 2.75) is 52.1 Å². The Labute approximate surface area is 148 Å². The van der Waals surface area contributed by atoms with E-state index in [1.54, 1.807) is 24.3 Å². The summed E-state index contributed by atoms with van der Waals surface area (Å²) < 4.78 is 1.85. The normalized spacial score (nSPS) is 24.7. The van der Waals surface area contributed by atoms with Crippen LogP contribution in [0.15, 0.2) is 12.5 Å². The molecular weight excluding hydrogens is 322 g/mol. The molecule has 1 aromatic heterocycles. The second kappa shape index (κ2) is 7.99. The SMILES string of the molecule is CCCCC(O)CN1CC(Cc2cncn2C)C(CC)(C(=O)O)C1=O. The number of aryl methyl sites for hydroxylation is 1. The molecule has 2 heterocycles. The number of amides is 1. The van der Waals surface area contributed by atoms with E-state index in [9.17, 15) is 19.8 Å². The molecule has 7 nitrogen and oxygen atoms in total. The Morgan fingerprint density at radius 2 is 2.20 bits per heavy atom. The van der Waals surface area contributed by atoms with Crippen molar-refractivity contribution in [1.29, 1.82) is 0 Å². The van der Waals surface area contributed by atoms with Crippen molar-refractivity contribution in [2.24, 2.45) is 18.4 Å². The van der Waals surface area contributed by atoms with E-state index in [0.717, 1.165) is 18.5 Å². The van der Waals surface area contributed by atoms with E-state index < -0.39 is 17.5 Å². The van der Waals surface area contributed by atoms with Crippen molar-refractivity contribution in [3.05, 3.63) is 18.2 Å². The van der Waals surface area contributed by atoms with Gasteiger partial charge in [0.2, 0.25) is 5.91 Å². The molecular formula is C18H29N3O4. The number of aliphatic hydroxyl groups excluding tert-OH is 1. The van der Waals surface area contributed by atoms with Crippen LogP contribution in [0.4, 0.5) is 0 Å². The van der Waals surface area contributed by atoms with Crippen molar-refractivity contribution in [1.82, 2.24) is 14.5 Å². The first-order valence-electron chi connectivity index (χ1n) is 9.02. The topological polar surface area (TPSA) is 95.7 Å². The highest BCUT2D eigenvalue weighted by molar-refractivity contribution is 6.04. The Morgan fingerprint density at radius 3 is 2.72 bits per heavy atom. The van der Waals surface area contributed by atoms with Crippen LogP contribution < -0.4 is 0 Å². The lowest BCUT2D eigenvalue weighted by Crippen LogP contribution is -2.44. The van der Waals surface area contributed by atoms with Gasteiger partial charge in [-0.1, -0.05) is 26.7 Å². The highest BCUT2D eigenvalue weighted by atomic mass is 16.4. The van der Waals surface area contributed by atoms with Crippen LogP contribution in [0.3, 0.4) is 0 Å². The first-order valence-corrected chi connectivity index (χ1v) is 9.02. The fourth-order valence-corrected chi connectivity index (χ4v) is 3.83. The minimum absolute atomic E-state index is 0.204. The number of aliphatic carboxylic acids is 1. The summed E-state index contributed by atoms with van der Waals surface area (Å²) in [4.78, 5) is 30.6. The van der Waals surface area contributed by atoms with E-state index in [-0.39, 0.29) is 24.8 Å². The number of carbonyl (C=O) groups is 2. The van der Waals surface area contributed by atoms with Gasteiger partial charge in [-0.3, -0.25) is 9.59 Å². The van der Waals surface area contributed by atoms with Gasteiger partial charge in [0.05, 0.1) is 12.4 Å². The number of nitrogens with zero attached hydrogens (tertiary/aromatic N) is 3. The number of hydrogen-bond donors (Lipinski definition) is 2. The molecule has 0 radical (unpaired) electrons. The van der Waals surface area contributed by atoms with Crippen LogP contribution in [0.1, 0.15) is 45.2 Å². The monoisotopic (exact) mass is 351 g/mol. The van der Waals surface area contributed by atoms with E-state index in [1.165, 1.54) is 0 Å². The van der Waals surface area contributed by atoms with Crippen LogP contribution in [0.5, 0.6) is 0 Å². The maximum Gasteiger partial charge on any atom is 0.319 e. The second-order valence-corrected chi connectivity index (χ2v) is 7.03. The van der Waals surface area contributed by atoms with Crippen molar-refractivity contribution >= 4 is 11.9 Å². The number of unbranched alkanes of at least 4 members (excludes halogenated alkanes) is 1. The summed E-state index contributed by atoms with van der Waals surface area (Å²) in [6.45, 7) is 4.35. The third-order valence-electron chi connectivity index (χ3n) is 5.44. The van der Waals surface area contributed by atoms with Gasteiger partial charge < -0.3 is 19.7 Å². The summed E-state index contributed by atoms with van der Waals surface area (Å²) in [6, 6.07) is 0. The molecule has 1 aliphatic heterocycles. The predicted molar refractivity (Wildman–Crippen MR) is 92.9 cm³/mol. The number of aromatic nitrogens is 2. The van der Waals surface area contributed by atoms with E-state index in [2.05, 4.69) is 4.98 Å². The Balaban J connectivity index is 2.22. The Hall–Kier alpha value is -1.89. The minimum Gasteiger partial charge on any atom is -0.480 e. The fraction of sp³-hybridized carbons (Fsp3) is 0.722. The van der Waals surface area contributed by atoms with Crippen molar-refractivity contribution in [3.8, 4) is 0 Å². The van der Waals surface area contributed by atoms with Gasteiger partial charge in [0.25, 0.3) is 0 Å². The molecule has 0 aromatic carbocycles. The van der Waals surface area contributed by atoms with Gasteiger partial charge in [-0.2, -0.15) is 0 Å². The van der Waals surface area contributed by atoms with Gasteiger partial charge in [-0.05, 0) is 19.3 Å². The van der Waals surface area contributed by atoms with Crippen LogP contribution in [0, 0.1) is 11.3 Å². The zero-order chi connectivity index (χ0) is 18.6. The zero-order valence-electron chi connectivity index (χ0n) is 15.3. The molecule has 1 saturated heterocycles. The number of carboxylic acid groups (broad SMARTS) is 1. The summed E-state index contributed by atoms with van der Waals surface area (Å²) in [6.07, 6.45) is 5.98. The molecule has 0 saturated carbocycles. The molecule has 3 unspecified atom stereocenters. The maximum atomic E-state index is 12.9. The van der Waals surface area contributed by atoms with Crippen LogP contribution in [-0.2, 0) is 23.1 Å². The standard InChI is InChI=1S/C18H29N3O4/c1-4-6-7-15(22)11-21-10-13(8-14-9-19-12-20(14)3)18(5-2,16(21)23)17(24)25/h9,12-13,15,22H,4-8,10-11H2,1-3H3,(H,24,25). The summed E-state index contributed by atoms with van der Waals surface area (Å²) in [7, 11) is 1.86. The number of carbonyl (C=O) groups excluding carboxylic acids is 1. The van der Waals surface area contributed by atoms with Gasteiger partial charge in [0.1, 0.15) is 0 Å². The molecule has 1 aromatic rings. The first kappa shape index (κ1) is 19.4. The average molecular weight is 351 g/mol. The number of likely N-dealkylation sites (tertiary alicyclic amines) is 1. The second-order valence-electron chi connectivity index (χ2n) is 7.03. The first-order chi connectivity index (χ1) is 11.9. The molecule has 0 spiro atoms. The van der Waals surface area contributed by atoms with E-state index in [0.29, 0.717) is 19.4 Å². The van der Waals surface area contributed by atoms with Gasteiger partial charge in [-0.25, -0.2) is 4.98 Å². The van der Waals surface area contributed by atoms with Gasteiger partial charge in [0.15, 0.2) is 5.41 Å². The molecule has 1 amide bonds. The van der Waals surface area contributed by atoms with Gasteiger partial charge in [0, 0.05) is 37.9 Å². The third-order valence-corrected chi connectivity index (χ3v) is 5.44. The summed E-state index contributed by atoms with van der Waals surface area (Å²) >= 11 is 0. The molecule has 7 heteroatoms. The highest BCUT2D eigenvalue weighted by Crippen LogP contribution is 2.42. The minimum atomic E-state index is -1.42. The number of β-amino-alcohol motifs (C(OH)–C–C–N with tert-alkyl or cyclic N) is 1. The lowest BCUT2D eigenvalue weighted by Gasteiger charge is -2.27. The predicted octanol–water partition coefficient (Wildman–Crippen LogP) is 1.45. The van der Waals surface area contributed by atoms with Crippen LogP contribution in [0.2, 0.25) is 0 Å². The number of carboxylic acids is 1. The van der Waals surface area contributed by atoms with Crippen molar-refractivity contribution in [3.63, 3.8) is 0 Å². The number of aliphatic hydroxyl groups is 1. The smallest absolute Gasteiger partial charge is 0.319 e. The van der Waals surface area contributed by atoms with Crippen LogP contribution >= 0.6 is 0 Å². The Bertz CT molecular complexity index is 615. The summed E-state index contributed by atoms with van der Waals surface area (Å²) in [5.41, 5.74) is -0.514. The van der Waals surface area contributed by atoms with Crippen LogP contribution in [0.25, 0.3) is 0 Å². The molecule has 0 aliphatic carbocycles. The fourth-order valence-electron chi connectivity index (χ4n) is 3.83. The maximum absolute atomic E-state index is 12.9. The molecule has 1 fully saturated rings. The average Bonchev–Trinajstić information content (AvgIpc) is 3.08. The molecule has 0 bridgehead atoms. The number of imidazole rings is 1. The van der Waals surface area contributed by atoms with Crippen molar-refractivity contribution in [2.75, 3.05) is 13.1 Å². The highest BCUT2D eigenvalue weighted by Gasteiger charge is 2.58. The molecule has 140 valence electrons.